The summed E-state index contributed by atoms with van der Waals surface area (Å²) in [6, 6.07) is 15.8. The Labute approximate surface area is 190 Å². The number of fused-ring (bicyclic) bond motifs is 2. The number of aliphatic hydroxyl groups is 1. The van der Waals surface area contributed by atoms with E-state index in [4.69, 9.17) is 23.7 Å². The molecule has 3 aromatic rings. The van der Waals surface area contributed by atoms with Crippen molar-refractivity contribution in [2.24, 2.45) is 0 Å². The molecule has 1 amide bonds. The van der Waals surface area contributed by atoms with E-state index in [1.165, 1.54) is 21.3 Å². The number of carbonyl (C=O) groups is 1. The maximum Gasteiger partial charge on any atom is 0.268 e. The van der Waals surface area contributed by atoms with Crippen LogP contribution in [0.4, 0.5) is 5.69 Å². The lowest BCUT2D eigenvalue weighted by atomic mass is 9.87. The van der Waals surface area contributed by atoms with Gasteiger partial charge in [-0.3, -0.25) is 4.79 Å². The average Bonchev–Trinajstić information content (AvgIpc) is 3.41. The minimum Gasteiger partial charge on any atom is -0.493 e. The van der Waals surface area contributed by atoms with Crippen LogP contribution in [0, 0.1) is 0 Å². The number of amides is 1. The number of hydrogen-bond acceptors (Lipinski definition) is 7. The van der Waals surface area contributed by atoms with E-state index in [0.717, 1.165) is 5.56 Å². The van der Waals surface area contributed by atoms with Gasteiger partial charge in [-0.1, -0.05) is 24.3 Å². The summed E-state index contributed by atoms with van der Waals surface area (Å²) in [5.74, 6) is 2.05. The topological polar surface area (TPSA) is 86.7 Å². The lowest BCUT2D eigenvalue weighted by Crippen LogP contribution is -2.40. The van der Waals surface area contributed by atoms with E-state index in [2.05, 4.69) is 0 Å². The standard InChI is InChI=1S/C25H23NO7/c1-29-21-10-15(11-22(30-2)23(21)31-3)13-26-18-7-5-4-6-17(18)25(28,24(26)27)16-8-9-19-20(12-16)33-14-32-19/h4-12,28H,13-14H2,1-3H3. The van der Waals surface area contributed by atoms with Gasteiger partial charge in [0.05, 0.1) is 33.6 Å². The molecule has 1 atom stereocenters. The van der Waals surface area contributed by atoms with Gasteiger partial charge in [-0.15, -0.1) is 0 Å². The second-order valence-corrected chi connectivity index (χ2v) is 7.72. The molecule has 0 saturated carbocycles. The molecule has 2 aliphatic rings. The van der Waals surface area contributed by atoms with Crippen LogP contribution in [-0.4, -0.2) is 39.1 Å². The minimum absolute atomic E-state index is 0.106. The zero-order valence-electron chi connectivity index (χ0n) is 18.5. The fourth-order valence-electron chi connectivity index (χ4n) is 4.40. The number of benzene rings is 3. The normalized spacial score (nSPS) is 18.3. The molecule has 170 valence electrons. The third kappa shape index (κ3) is 3.14. The summed E-state index contributed by atoms with van der Waals surface area (Å²) in [4.78, 5) is 15.3. The Kier molecular flexibility index (Phi) is 5.02. The number of anilines is 1. The highest BCUT2D eigenvalue weighted by molar-refractivity contribution is 6.09. The first-order valence-electron chi connectivity index (χ1n) is 10.3. The number of carbonyl (C=O) groups excluding carboxylic acids is 1. The Balaban J connectivity index is 1.58. The van der Waals surface area contributed by atoms with Gasteiger partial charge in [0.1, 0.15) is 0 Å². The number of methoxy groups -OCH3 is 3. The number of hydrogen-bond donors (Lipinski definition) is 1. The third-order valence-corrected chi connectivity index (χ3v) is 5.99. The molecule has 2 heterocycles. The largest absolute Gasteiger partial charge is 0.493 e. The maximum atomic E-state index is 13.7. The van der Waals surface area contributed by atoms with Crippen molar-refractivity contribution in [3.63, 3.8) is 0 Å². The van der Waals surface area contributed by atoms with Gasteiger partial charge in [0, 0.05) is 11.1 Å². The molecule has 8 nitrogen and oxygen atoms in total. The molecule has 0 aromatic heterocycles. The quantitative estimate of drug-likeness (QED) is 0.618. The van der Waals surface area contributed by atoms with E-state index in [-0.39, 0.29) is 13.3 Å². The number of nitrogens with zero attached hydrogens (tertiary/aromatic N) is 1. The molecule has 0 bridgehead atoms. The van der Waals surface area contributed by atoms with Gasteiger partial charge in [-0.05, 0) is 35.9 Å². The zero-order chi connectivity index (χ0) is 23.2. The monoisotopic (exact) mass is 449 g/mol. The number of rotatable bonds is 6. The molecule has 5 rings (SSSR count). The third-order valence-electron chi connectivity index (χ3n) is 5.99. The van der Waals surface area contributed by atoms with Crippen LogP contribution in [-0.2, 0) is 16.9 Å². The minimum atomic E-state index is -1.86. The van der Waals surface area contributed by atoms with Gasteiger partial charge in [-0.2, -0.15) is 0 Å². The van der Waals surface area contributed by atoms with Crippen molar-refractivity contribution in [3.8, 4) is 28.7 Å². The first-order chi connectivity index (χ1) is 16.0. The molecule has 0 fully saturated rings. The smallest absolute Gasteiger partial charge is 0.268 e. The van der Waals surface area contributed by atoms with E-state index in [0.29, 0.717) is 45.6 Å². The molecule has 0 saturated heterocycles. The van der Waals surface area contributed by atoms with E-state index < -0.39 is 11.5 Å². The molecule has 1 N–H and O–H groups in total. The van der Waals surface area contributed by atoms with Crippen molar-refractivity contribution in [2.45, 2.75) is 12.1 Å². The second kappa shape index (κ2) is 7.90. The Morgan fingerprint density at radius 1 is 0.939 bits per heavy atom. The Morgan fingerprint density at radius 3 is 2.33 bits per heavy atom. The Morgan fingerprint density at radius 2 is 1.64 bits per heavy atom. The van der Waals surface area contributed by atoms with Crippen LogP contribution >= 0.6 is 0 Å². The maximum absolute atomic E-state index is 13.7. The summed E-state index contributed by atoms with van der Waals surface area (Å²) in [6.07, 6.45) is 0. The van der Waals surface area contributed by atoms with E-state index in [9.17, 15) is 9.90 Å². The summed E-state index contributed by atoms with van der Waals surface area (Å²) in [5.41, 5.74) is 0.426. The molecule has 3 aromatic carbocycles. The average molecular weight is 449 g/mol. The summed E-state index contributed by atoms with van der Waals surface area (Å²) < 4.78 is 27.1. The summed E-state index contributed by atoms with van der Waals surface area (Å²) in [7, 11) is 4.61. The number of para-hydroxylation sites is 1. The van der Waals surface area contributed by atoms with Crippen molar-refractivity contribution in [1.82, 2.24) is 0 Å². The highest BCUT2D eigenvalue weighted by Gasteiger charge is 2.51. The van der Waals surface area contributed by atoms with Crippen LogP contribution in [0.1, 0.15) is 16.7 Å². The van der Waals surface area contributed by atoms with Crippen LogP contribution in [0.3, 0.4) is 0 Å². The van der Waals surface area contributed by atoms with E-state index in [1.807, 2.05) is 12.1 Å². The molecule has 1 unspecified atom stereocenters. The van der Waals surface area contributed by atoms with Crippen LogP contribution < -0.4 is 28.6 Å². The Hall–Kier alpha value is -3.91. The predicted octanol–water partition coefficient (Wildman–Crippen LogP) is 3.22. The molecule has 0 radical (unpaired) electrons. The van der Waals surface area contributed by atoms with Crippen LogP contribution in [0.5, 0.6) is 28.7 Å². The molecule has 8 heteroatoms. The van der Waals surface area contributed by atoms with Crippen LogP contribution in [0.25, 0.3) is 0 Å². The van der Waals surface area contributed by atoms with Crippen molar-refractivity contribution >= 4 is 11.6 Å². The first-order valence-corrected chi connectivity index (χ1v) is 10.3. The molecule has 33 heavy (non-hydrogen) atoms. The predicted molar refractivity (Wildman–Crippen MR) is 119 cm³/mol. The number of ether oxygens (including phenoxy) is 5. The van der Waals surface area contributed by atoms with Crippen LogP contribution in [0.2, 0.25) is 0 Å². The van der Waals surface area contributed by atoms with Gasteiger partial charge in [0.2, 0.25) is 12.5 Å². The van der Waals surface area contributed by atoms with Crippen molar-refractivity contribution in [1.29, 1.82) is 0 Å². The van der Waals surface area contributed by atoms with Crippen molar-refractivity contribution in [3.05, 3.63) is 71.3 Å². The van der Waals surface area contributed by atoms with Crippen LogP contribution in [0.15, 0.2) is 54.6 Å². The van der Waals surface area contributed by atoms with Gasteiger partial charge in [-0.25, -0.2) is 0 Å². The highest BCUT2D eigenvalue weighted by atomic mass is 16.7. The highest BCUT2D eigenvalue weighted by Crippen LogP contribution is 2.47. The Bertz CT molecular complexity index is 1220. The first kappa shape index (κ1) is 21.0. The molecular weight excluding hydrogens is 426 g/mol. The van der Waals surface area contributed by atoms with Gasteiger partial charge in [0.25, 0.3) is 5.91 Å². The molecular formula is C25H23NO7. The van der Waals surface area contributed by atoms with Crippen molar-refractivity contribution in [2.75, 3.05) is 33.0 Å². The lowest BCUT2D eigenvalue weighted by Gasteiger charge is -2.24. The van der Waals surface area contributed by atoms with Gasteiger partial charge >= 0.3 is 0 Å². The fraction of sp³-hybridized carbons (Fsp3) is 0.240. The second-order valence-electron chi connectivity index (χ2n) is 7.72. The van der Waals surface area contributed by atoms with Gasteiger partial charge in [0.15, 0.2) is 28.6 Å². The zero-order valence-corrected chi connectivity index (χ0v) is 18.5. The van der Waals surface area contributed by atoms with E-state index in [1.54, 1.807) is 47.4 Å². The molecule has 0 aliphatic carbocycles. The lowest BCUT2D eigenvalue weighted by molar-refractivity contribution is -0.132. The summed E-state index contributed by atoms with van der Waals surface area (Å²) in [6.45, 7) is 0.300. The van der Waals surface area contributed by atoms with Crippen molar-refractivity contribution < 1.29 is 33.6 Å². The summed E-state index contributed by atoms with van der Waals surface area (Å²) >= 11 is 0. The van der Waals surface area contributed by atoms with E-state index >= 15 is 0 Å². The SMILES string of the molecule is COc1cc(CN2C(=O)C(O)(c3ccc4c(c3)OCO4)c3ccccc32)cc(OC)c1OC. The van der Waals surface area contributed by atoms with Gasteiger partial charge < -0.3 is 33.7 Å². The molecule has 0 spiro atoms. The molecule has 2 aliphatic heterocycles. The fourth-order valence-corrected chi connectivity index (χ4v) is 4.40. The summed E-state index contributed by atoms with van der Waals surface area (Å²) in [5, 5.41) is 11.8.